The van der Waals surface area contributed by atoms with Crippen molar-refractivity contribution in [1.29, 1.82) is 0 Å². The van der Waals surface area contributed by atoms with Gasteiger partial charge in [-0.05, 0) is 12.2 Å². The molecular weight excluding hydrogens is 320 g/mol. The third kappa shape index (κ3) is 2.79. The molecule has 1 aliphatic carbocycles. The number of hydrogen-bond donors (Lipinski definition) is 1. The van der Waals surface area contributed by atoms with Crippen LogP contribution >= 0.6 is 0 Å². The summed E-state index contributed by atoms with van der Waals surface area (Å²) < 4.78 is 51.9. The van der Waals surface area contributed by atoms with E-state index in [9.17, 15) is 27.7 Å². The Morgan fingerprint density at radius 3 is 2.70 bits per heavy atom. The van der Waals surface area contributed by atoms with Crippen molar-refractivity contribution in [3.05, 3.63) is 56.8 Å². The van der Waals surface area contributed by atoms with Gasteiger partial charge in [0, 0.05) is 18.2 Å². The average Bonchev–Trinajstić information content (AvgIpc) is 2.88. The van der Waals surface area contributed by atoms with Crippen molar-refractivity contribution < 1.29 is 22.5 Å². The van der Waals surface area contributed by atoms with Gasteiger partial charge in [0.15, 0.2) is 6.17 Å². The van der Waals surface area contributed by atoms with Crippen LogP contribution in [0.5, 0.6) is 0 Å². The SMILES string of the molecule is O=[N+]([O-])C1=CCC(=C2N=C3C=C(C(F)(F)F)C=NC3N2)C(F)=C1. The van der Waals surface area contributed by atoms with Gasteiger partial charge in [-0.15, -0.1) is 0 Å². The Balaban J connectivity index is 1.93. The standard InChI is InChI=1S/C13H8F4N4O2/c14-9-4-7(21(22)23)1-2-8(9)11-19-10-3-6(13(15,16)17)5-18-12(10)20-11/h1,3-5,12,20H,2H2. The molecule has 0 radical (unpaired) electrons. The highest BCUT2D eigenvalue weighted by Gasteiger charge is 2.37. The molecule has 120 valence electrons. The summed E-state index contributed by atoms with van der Waals surface area (Å²) in [5.74, 6) is -0.831. The van der Waals surface area contributed by atoms with Crippen molar-refractivity contribution in [1.82, 2.24) is 5.32 Å². The summed E-state index contributed by atoms with van der Waals surface area (Å²) in [6.07, 6.45) is -2.00. The number of dihydropyridines is 1. The van der Waals surface area contributed by atoms with E-state index in [-0.39, 0.29) is 29.2 Å². The molecule has 0 aromatic carbocycles. The fraction of sp³-hybridized carbons (Fsp3) is 0.231. The van der Waals surface area contributed by atoms with E-state index in [1.54, 1.807) is 0 Å². The van der Waals surface area contributed by atoms with E-state index in [2.05, 4.69) is 15.3 Å². The summed E-state index contributed by atoms with van der Waals surface area (Å²) in [6, 6.07) is 0. The molecule has 0 spiro atoms. The molecule has 1 unspecified atom stereocenters. The van der Waals surface area contributed by atoms with Gasteiger partial charge in [0.1, 0.15) is 11.6 Å². The highest BCUT2D eigenvalue weighted by Crippen LogP contribution is 2.31. The number of hydrogen-bond acceptors (Lipinski definition) is 5. The molecule has 2 aliphatic heterocycles. The van der Waals surface area contributed by atoms with Gasteiger partial charge in [-0.3, -0.25) is 15.1 Å². The molecule has 23 heavy (non-hydrogen) atoms. The summed E-state index contributed by atoms with van der Waals surface area (Å²) in [5, 5.41) is 13.3. The van der Waals surface area contributed by atoms with E-state index in [0.717, 1.165) is 12.2 Å². The van der Waals surface area contributed by atoms with E-state index in [0.29, 0.717) is 6.21 Å². The third-order valence-electron chi connectivity index (χ3n) is 3.36. The molecule has 0 saturated heterocycles. The molecule has 0 fully saturated rings. The Hall–Kier alpha value is -2.78. The molecule has 3 rings (SSSR count). The number of fused-ring (bicyclic) bond motifs is 1. The van der Waals surface area contributed by atoms with Crippen LogP contribution < -0.4 is 5.32 Å². The number of nitrogens with zero attached hydrogens (tertiary/aromatic N) is 3. The highest BCUT2D eigenvalue weighted by atomic mass is 19.4. The average molecular weight is 328 g/mol. The zero-order valence-corrected chi connectivity index (χ0v) is 11.3. The first-order valence-electron chi connectivity index (χ1n) is 6.38. The number of rotatable bonds is 1. The molecule has 10 heteroatoms. The van der Waals surface area contributed by atoms with E-state index in [4.69, 9.17) is 0 Å². The van der Waals surface area contributed by atoms with E-state index >= 15 is 0 Å². The molecule has 0 saturated carbocycles. The largest absolute Gasteiger partial charge is 0.417 e. The smallest absolute Gasteiger partial charge is 0.343 e. The zero-order chi connectivity index (χ0) is 16.8. The normalized spacial score (nSPS) is 26.7. The minimum atomic E-state index is -4.55. The van der Waals surface area contributed by atoms with Crippen LogP contribution in [0.4, 0.5) is 17.6 Å². The number of aliphatic imine (C=N–C) groups is 2. The minimum absolute atomic E-state index is 0.0131. The van der Waals surface area contributed by atoms with Crippen molar-refractivity contribution in [2.45, 2.75) is 18.8 Å². The predicted octanol–water partition coefficient (Wildman–Crippen LogP) is 2.56. The molecular formula is C13H8F4N4O2. The van der Waals surface area contributed by atoms with E-state index in [1.807, 2.05) is 0 Å². The zero-order valence-electron chi connectivity index (χ0n) is 11.3. The Morgan fingerprint density at radius 2 is 2.09 bits per heavy atom. The first-order chi connectivity index (χ1) is 10.8. The number of nitro groups is 1. The second-order valence-corrected chi connectivity index (χ2v) is 4.87. The van der Waals surface area contributed by atoms with Crippen LogP contribution in [0.2, 0.25) is 0 Å². The maximum absolute atomic E-state index is 14.0. The van der Waals surface area contributed by atoms with Crippen LogP contribution in [0, 0.1) is 10.1 Å². The van der Waals surface area contributed by atoms with Crippen molar-refractivity contribution in [3.63, 3.8) is 0 Å². The maximum Gasteiger partial charge on any atom is 0.417 e. The number of alkyl halides is 3. The van der Waals surface area contributed by atoms with Crippen LogP contribution in [0.25, 0.3) is 0 Å². The molecule has 0 bridgehead atoms. The summed E-state index contributed by atoms with van der Waals surface area (Å²) in [5.41, 5.74) is -1.28. The fourth-order valence-corrected chi connectivity index (χ4v) is 2.23. The monoisotopic (exact) mass is 328 g/mol. The Labute approximate surface area is 126 Å². The van der Waals surface area contributed by atoms with Crippen molar-refractivity contribution in [2.75, 3.05) is 0 Å². The molecule has 0 aromatic heterocycles. The molecule has 2 heterocycles. The topological polar surface area (TPSA) is 79.9 Å². The predicted molar refractivity (Wildman–Crippen MR) is 72.9 cm³/mol. The lowest BCUT2D eigenvalue weighted by Gasteiger charge is -2.15. The van der Waals surface area contributed by atoms with Gasteiger partial charge in [0.2, 0.25) is 0 Å². The third-order valence-corrected chi connectivity index (χ3v) is 3.36. The maximum atomic E-state index is 14.0. The Morgan fingerprint density at radius 1 is 1.35 bits per heavy atom. The van der Waals surface area contributed by atoms with Crippen LogP contribution in [0.1, 0.15) is 6.42 Å². The Kier molecular flexibility index (Phi) is 3.38. The van der Waals surface area contributed by atoms with Crippen LogP contribution in [0.15, 0.2) is 56.7 Å². The first-order valence-corrected chi connectivity index (χ1v) is 6.38. The molecule has 0 amide bonds. The lowest BCUT2D eigenvalue weighted by atomic mass is 10.0. The van der Waals surface area contributed by atoms with E-state index in [1.165, 1.54) is 6.08 Å². The van der Waals surface area contributed by atoms with Gasteiger partial charge in [-0.25, -0.2) is 9.38 Å². The molecule has 1 atom stereocenters. The summed E-state index contributed by atoms with van der Waals surface area (Å²) in [7, 11) is 0. The summed E-state index contributed by atoms with van der Waals surface area (Å²) in [6.45, 7) is 0. The van der Waals surface area contributed by atoms with Gasteiger partial charge < -0.3 is 5.32 Å². The van der Waals surface area contributed by atoms with Crippen LogP contribution in [-0.4, -0.2) is 29.2 Å². The number of allylic oxidation sites excluding steroid dienone is 5. The second-order valence-electron chi connectivity index (χ2n) is 4.87. The van der Waals surface area contributed by atoms with Crippen molar-refractivity contribution >= 4 is 11.9 Å². The molecule has 3 aliphatic rings. The number of halogens is 4. The summed E-state index contributed by atoms with van der Waals surface area (Å²) >= 11 is 0. The van der Waals surface area contributed by atoms with Gasteiger partial charge in [-0.1, -0.05) is 0 Å². The van der Waals surface area contributed by atoms with Crippen molar-refractivity contribution in [3.8, 4) is 0 Å². The number of nitrogens with one attached hydrogen (secondary N) is 1. The van der Waals surface area contributed by atoms with Crippen LogP contribution in [-0.2, 0) is 0 Å². The summed E-state index contributed by atoms with van der Waals surface area (Å²) in [4.78, 5) is 17.5. The van der Waals surface area contributed by atoms with Crippen LogP contribution in [0.3, 0.4) is 0 Å². The lowest BCUT2D eigenvalue weighted by molar-refractivity contribution is -0.419. The molecule has 1 N–H and O–H groups in total. The first kappa shape index (κ1) is 15.1. The highest BCUT2D eigenvalue weighted by molar-refractivity contribution is 6.08. The minimum Gasteiger partial charge on any atom is -0.343 e. The second kappa shape index (κ2) is 5.14. The molecule has 0 aromatic rings. The lowest BCUT2D eigenvalue weighted by Crippen LogP contribution is -2.31. The van der Waals surface area contributed by atoms with Crippen molar-refractivity contribution in [2.24, 2.45) is 9.98 Å². The quantitative estimate of drug-likeness (QED) is 0.456. The fourth-order valence-electron chi connectivity index (χ4n) is 2.23. The van der Waals surface area contributed by atoms with E-state index < -0.39 is 28.7 Å². The van der Waals surface area contributed by atoms with Gasteiger partial charge >= 0.3 is 6.18 Å². The van der Waals surface area contributed by atoms with Gasteiger partial charge in [-0.2, -0.15) is 13.2 Å². The van der Waals surface area contributed by atoms with Gasteiger partial charge in [0.25, 0.3) is 5.70 Å². The van der Waals surface area contributed by atoms with Gasteiger partial charge in [0.05, 0.1) is 22.3 Å². The Bertz CT molecular complexity index is 771. The molecule has 6 nitrogen and oxygen atoms in total.